The fraction of sp³-hybridized carbons (Fsp3) is 0.368. The number of fused-ring (bicyclic) bond motifs is 1. The highest BCUT2D eigenvalue weighted by Gasteiger charge is 2.27. The number of benzene rings is 1. The quantitative estimate of drug-likeness (QED) is 0.570. The van der Waals surface area contributed by atoms with Gasteiger partial charge in [-0.05, 0) is 68.5 Å². The van der Waals surface area contributed by atoms with Crippen molar-refractivity contribution in [2.24, 2.45) is 4.99 Å². The van der Waals surface area contributed by atoms with Crippen LogP contribution >= 0.6 is 11.3 Å². The second-order valence-electron chi connectivity index (χ2n) is 5.52. The fourth-order valence-electron chi connectivity index (χ4n) is 2.84. The molecule has 0 saturated carbocycles. The van der Waals surface area contributed by atoms with E-state index in [2.05, 4.69) is 4.99 Å². The van der Waals surface area contributed by atoms with Crippen LogP contribution in [0.2, 0.25) is 0 Å². The van der Waals surface area contributed by atoms with Crippen molar-refractivity contribution in [1.82, 2.24) is 0 Å². The van der Waals surface area contributed by atoms with E-state index in [-0.39, 0.29) is 5.97 Å². The standard InChI is InChI=1S/C19H21NO3S/c1-3-22-14-10-8-13(9-11-14)12-20-18-17(19(21)23-4-2)15-6-5-7-16(15)24-18/h8-12H,3-7H2,1-2H3. The van der Waals surface area contributed by atoms with Crippen LogP contribution < -0.4 is 4.74 Å². The summed E-state index contributed by atoms with van der Waals surface area (Å²) < 4.78 is 10.7. The molecule has 5 heteroatoms. The zero-order valence-electron chi connectivity index (χ0n) is 14.0. The third-order valence-corrected chi connectivity index (χ3v) is 5.10. The van der Waals surface area contributed by atoms with Crippen LogP contribution in [0.25, 0.3) is 0 Å². The average Bonchev–Trinajstić information content (AvgIpc) is 3.15. The Labute approximate surface area is 146 Å². The van der Waals surface area contributed by atoms with Crippen molar-refractivity contribution < 1.29 is 14.3 Å². The van der Waals surface area contributed by atoms with E-state index >= 15 is 0 Å². The summed E-state index contributed by atoms with van der Waals surface area (Å²) >= 11 is 1.61. The zero-order valence-corrected chi connectivity index (χ0v) is 14.8. The molecule has 0 aliphatic heterocycles. The minimum atomic E-state index is -0.254. The second kappa shape index (κ2) is 7.62. The van der Waals surface area contributed by atoms with Gasteiger partial charge in [0.15, 0.2) is 0 Å². The molecule has 1 heterocycles. The Morgan fingerprint density at radius 1 is 1.21 bits per heavy atom. The van der Waals surface area contributed by atoms with E-state index < -0.39 is 0 Å². The van der Waals surface area contributed by atoms with Gasteiger partial charge in [-0.1, -0.05) is 0 Å². The highest BCUT2D eigenvalue weighted by atomic mass is 32.1. The molecular weight excluding hydrogens is 322 g/mol. The smallest absolute Gasteiger partial charge is 0.341 e. The van der Waals surface area contributed by atoms with Crippen molar-refractivity contribution in [1.29, 1.82) is 0 Å². The topological polar surface area (TPSA) is 47.9 Å². The summed E-state index contributed by atoms with van der Waals surface area (Å²) in [7, 11) is 0. The first-order valence-corrected chi connectivity index (χ1v) is 9.13. The summed E-state index contributed by atoms with van der Waals surface area (Å²) in [6.07, 6.45) is 4.87. The van der Waals surface area contributed by atoms with Crippen LogP contribution in [-0.2, 0) is 17.6 Å². The predicted molar refractivity (Wildman–Crippen MR) is 97.2 cm³/mol. The number of hydrogen-bond acceptors (Lipinski definition) is 5. The van der Waals surface area contributed by atoms with E-state index in [9.17, 15) is 4.79 Å². The molecule has 1 aromatic carbocycles. The molecule has 0 unspecified atom stereocenters. The van der Waals surface area contributed by atoms with Crippen molar-refractivity contribution in [3.05, 3.63) is 45.8 Å². The molecule has 2 aromatic rings. The van der Waals surface area contributed by atoms with Gasteiger partial charge in [0, 0.05) is 11.1 Å². The molecule has 0 spiro atoms. The molecule has 0 saturated heterocycles. The van der Waals surface area contributed by atoms with Gasteiger partial charge in [0.25, 0.3) is 0 Å². The van der Waals surface area contributed by atoms with Gasteiger partial charge in [0.1, 0.15) is 10.8 Å². The number of carbonyl (C=O) groups is 1. The van der Waals surface area contributed by atoms with Gasteiger partial charge >= 0.3 is 5.97 Å². The molecular formula is C19H21NO3S. The summed E-state index contributed by atoms with van der Waals surface area (Å²) in [5.74, 6) is 0.590. The van der Waals surface area contributed by atoms with Gasteiger partial charge in [-0.3, -0.25) is 0 Å². The summed E-state index contributed by atoms with van der Waals surface area (Å²) in [5.41, 5.74) is 2.77. The molecule has 0 amide bonds. The number of esters is 1. The largest absolute Gasteiger partial charge is 0.494 e. The van der Waals surface area contributed by atoms with Gasteiger partial charge < -0.3 is 9.47 Å². The van der Waals surface area contributed by atoms with Crippen LogP contribution in [0.1, 0.15) is 46.6 Å². The molecule has 1 aliphatic carbocycles. The Morgan fingerprint density at radius 3 is 2.71 bits per heavy atom. The maximum atomic E-state index is 12.3. The highest BCUT2D eigenvalue weighted by Crippen LogP contribution is 2.41. The Bertz CT molecular complexity index is 747. The van der Waals surface area contributed by atoms with E-state index in [1.54, 1.807) is 17.6 Å². The summed E-state index contributed by atoms with van der Waals surface area (Å²) in [6, 6.07) is 7.76. The number of carbonyl (C=O) groups excluding carboxylic acids is 1. The normalized spacial score (nSPS) is 13.2. The monoisotopic (exact) mass is 343 g/mol. The Balaban J connectivity index is 1.85. The highest BCUT2D eigenvalue weighted by molar-refractivity contribution is 7.16. The maximum absolute atomic E-state index is 12.3. The molecule has 0 N–H and O–H groups in total. The minimum absolute atomic E-state index is 0.254. The first-order chi connectivity index (χ1) is 11.7. The Morgan fingerprint density at radius 2 is 2.00 bits per heavy atom. The van der Waals surface area contributed by atoms with E-state index in [0.717, 1.165) is 41.1 Å². The van der Waals surface area contributed by atoms with E-state index in [4.69, 9.17) is 9.47 Å². The molecule has 4 nitrogen and oxygen atoms in total. The lowest BCUT2D eigenvalue weighted by Crippen LogP contribution is -2.06. The Kier molecular flexibility index (Phi) is 5.30. The van der Waals surface area contributed by atoms with Gasteiger partial charge in [-0.25, -0.2) is 9.79 Å². The Hall–Kier alpha value is -2.14. The molecule has 0 fully saturated rings. The van der Waals surface area contributed by atoms with Gasteiger partial charge in [-0.15, -0.1) is 11.3 Å². The van der Waals surface area contributed by atoms with Gasteiger partial charge in [0.05, 0.1) is 18.8 Å². The number of nitrogens with zero attached hydrogens (tertiary/aromatic N) is 1. The summed E-state index contributed by atoms with van der Waals surface area (Å²) in [5, 5.41) is 0.757. The van der Waals surface area contributed by atoms with Crippen LogP contribution in [0.5, 0.6) is 5.75 Å². The van der Waals surface area contributed by atoms with E-state index in [0.29, 0.717) is 18.8 Å². The van der Waals surface area contributed by atoms with Crippen molar-refractivity contribution in [3.8, 4) is 5.75 Å². The predicted octanol–water partition coefficient (Wildman–Crippen LogP) is 4.56. The van der Waals surface area contributed by atoms with E-state index in [1.807, 2.05) is 38.1 Å². The van der Waals surface area contributed by atoms with Crippen LogP contribution in [-0.4, -0.2) is 25.4 Å². The maximum Gasteiger partial charge on any atom is 0.341 e. The number of aryl methyl sites for hydroxylation is 1. The second-order valence-corrected chi connectivity index (χ2v) is 6.60. The van der Waals surface area contributed by atoms with Gasteiger partial charge in [0.2, 0.25) is 0 Å². The van der Waals surface area contributed by atoms with Crippen molar-refractivity contribution in [3.63, 3.8) is 0 Å². The molecule has 3 rings (SSSR count). The lowest BCUT2D eigenvalue weighted by Gasteiger charge is -2.04. The number of hydrogen-bond donors (Lipinski definition) is 0. The molecule has 126 valence electrons. The molecule has 0 bridgehead atoms. The van der Waals surface area contributed by atoms with Crippen LogP contribution in [0.15, 0.2) is 29.3 Å². The fourth-order valence-corrected chi connectivity index (χ4v) is 4.07. The lowest BCUT2D eigenvalue weighted by atomic mass is 10.1. The zero-order chi connectivity index (χ0) is 16.9. The minimum Gasteiger partial charge on any atom is -0.494 e. The van der Waals surface area contributed by atoms with Gasteiger partial charge in [-0.2, -0.15) is 0 Å². The molecule has 0 atom stereocenters. The molecule has 24 heavy (non-hydrogen) atoms. The third-order valence-electron chi connectivity index (χ3n) is 3.90. The SMILES string of the molecule is CCOC(=O)c1c(N=Cc2ccc(OCC)cc2)sc2c1CCC2. The summed E-state index contributed by atoms with van der Waals surface area (Å²) in [4.78, 5) is 18.2. The van der Waals surface area contributed by atoms with Crippen molar-refractivity contribution in [2.45, 2.75) is 33.1 Å². The number of aliphatic imine (C=N–C) groups is 1. The molecule has 0 radical (unpaired) electrons. The first kappa shape index (κ1) is 16.7. The van der Waals surface area contributed by atoms with Crippen LogP contribution in [0.3, 0.4) is 0 Å². The number of rotatable bonds is 6. The van der Waals surface area contributed by atoms with Crippen LogP contribution in [0.4, 0.5) is 5.00 Å². The van der Waals surface area contributed by atoms with Crippen LogP contribution in [0, 0.1) is 0 Å². The van der Waals surface area contributed by atoms with Crippen molar-refractivity contribution in [2.75, 3.05) is 13.2 Å². The third kappa shape index (κ3) is 3.51. The first-order valence-electron chi connectivity index (χ1n) is 8.31. The lowest BCUT2D eigenvalue weighted by molar-refractivity contribution is 0.0527. The molecule has 1 aromatic heterocycles. The number of ether oxygens (including phenoxy) is 2. The van der Waals surface area contributed by atoms with Crippen molar-refractivity contribution >= 4 is 28.5 Å². The molecule has 1 aliphatic rings. The summed E-state index contributed by atoms with van der Waals surface area (Å²) in [6.45, 7) is 4.82. The number of thiophene rings is 1. The average molecular weight is 343 g/mol. The van der Waals surface area contributed by atoms with E-state index in [1.165, 1.54) is 4.88 Å².